The van der Waals surface area contributed by atoms with E-state index in [0.717, 1.165) is 14.8 Å². The van der Waals surface area contributed by atoms with Gasteiger partial charge < -0.3 is 5.32 Å². The summed E-state index contributed by atoms with van der Waals surface area (Å²) in [5, 5.41) is 3.13. The lowest BCUT2D eigenvalue weighted by molar-refractivity contribution is 0.101. The molecule has 0 amide bonds. The van der Waals surface area contributed by atoms with Gasteiger partial charge in [-0.1, -0.05) is 0 Å². The van der Waals surface area contributed by atoms with Crippen molar-refractivity contribution in [3.63, 3.8) is 0 Å². The minimum Gasteiger partial charge on any atom is -0.355 e. The maximum atomic E-state index is 13.3. The van der Waals surface area contributed by atoms with E-state index in [4.69, 9.17) is 0 Å². The third-order valence-corrected chi connectivity index (χ3v) is 3.49. The molecule has 98 valence electrons. The maximum Gasteiger partial charge on any atom is 0.161 e. The number of carbonyl (C=O) groups excluding carboxylic acids is 1. The van der Waals surface area contributed by atoms with Gasteiger partial charge in [0.15, 0.2) is 5.78 Å². The predicted molar refractivity (Wildman–Crippen MR) is 83.6 cm³/mol. The molecule has 19 heavy (non-hydrogen) atoms. The van der Waals surface area contributed by atoms with Crippen molar-refractivity contribution in [3.05, 3.63) is 56.9 Å². The Kier molecular flexibility index (Phi) is 4.19. The molecule has 0 aliphatic carbocycles. The summed E-state index contributed by atoms with van der Waals surface area (Å²) in [7, 11) is 0. The fourth-order valence-electron chi connectivity index (χ4n) is 1.84. The molecule has 0 saturated heterocycles. The molecule has 1 N–H and O–H groups in total. The van der Waals surface area contributed by atoms with E-state index in [-0.39, 0.29) is 11.6 Å². The van der Waals surface area contributed by atoms with Crippen LogP contribution in [0, 0.1) is 16.3 Å². The van der Waals surface area contributed by atoms with Crippen LogP contribution in [0.25, 0.3) is 0 Å². The lowest BCUT2D eigenvalue weighted by atomic mass is 10.1. The van der Waals surface area contributed by atoms with Gasteiger partial charge in [-0.15, -0.1) is 0 Å². The highest BCUT2D eigenvalue weighted by molar-refractivity contribution is 14.1. The van der Waals surface area contributed by atoms with Crippen molar-refractivity contribution in [1.82, 2.24) is 0 Å². The summed E-state index contributed by atoms with van der Waals surface area (Å²) in [6.07, 6.45) is 0. The van der Waals surface area contributed by atoms with Crippen molar-refractivity contribution in [3.8, 4) is 0 Å². The topological polar surface area (TPSA) is 29.1 Å². The van der Waals surface area contributed by atoms with Crippen molar-refractivity contribution in [1.29, 1.82) is 0 Å². The fourth-order valence-corrected chi connectivity index (χ4v) is 2.49. The van der Waals surface area contributed by atoms with Crippen LogP contribution in [-0.4, -0.2) is 5.78 Å². The van der Waals surface area contributed by atoms with E-state index in [1.807, 2.05) is 25.1 Å². The summed E-state index contributed by atoms with van der Waals surface area (Å²) in [6, 6.07) is 10.0. The molecule has 2 nitrogen and oxygen atoms in total. The number of halogens is 2. The minimum atomic E-state index is -0.365. The molecule has 0 spiro atoms. The molecule has 2 aromatic carbocycles. The summed E-state index contributed by atoms with van der Waals surface area (Å²) in [5.41, 5.74) is 2.90. The molecule has 0 bridgehead atoms. The van der Waals surface area contributed by atoms with Crippen molar-refractivity contribution >= 4 is 39.7 Å². The summed E-state index contributed by atoms with van der Waals surface area (Å²) < 4.78 is 14.5. The van der Waals surface area contributed by atoms with Crippen LogP contribution < -0.4 is 5.32 Å². The molecule has 0 aliphatic heterocycles. The van der Waals surface area contributed by atoms with Crippen LogP contribution in [-0.2, 0) is 0 Å². The third-order valence-electron chi connectivity index (χ3n) is 2.82. The molecule has 0 unspecified atom stereocenters. The van der Waals surface area contributed by atoms with Crippen molar-refractivity contribution < 1.29 is 9.18 Å². The van der Waals surface area contributed by atoms with E-state index in [2.05, 4.69) is 27.9 Å². The first-order valence-corrected chi connectivity index (χ1v) is 6.89. The number of aryl methyl sites for hydroxylation is 1. The molecular weight excluding hydrogens is 356 g/mol. The zero-order valence-electron chi connectivity index (χ0n) is 10.6. The Bertz CT molecular complexity index is 640. The van der Waals surface area contributed by atoms with Crippen molar-refractivity contribution in [2.75, 3.05) is 5.32 Å². The van der Waals surface area contributed by atoms with Gasteiger partial charge >= 0.3 is 0 Å². The standard InChI is InChI=1S/C15H13FINO/c1-9-7-12(17)4-6-14(9)18-15-8-11(16)3-5-13(15)10(2)19/h3-8,18H,1-2H3. The lowest BCUT2D eigenvalue weighted by Crippen LogP contribution is -2.02. The summed E-state index contributed by atoms with van der Waals surface area (Å²) in [6.45, 7) is 3.44. The number of Topliss-reactive ketones (excluding diaryl/α,β-unsaturated/α-hetero) is 1. The molecule has 4 heteroatoms. The number of ketones is 1. The van der Waals surface area contributed by atoms with Gasteiger partial charge in [0.1, 0.15) is 5.82 Å². The third kappa shape index (κ3) is 3.32. The van der Waals surface area contributed by atoms with Crippen molar-refractivity contribution in [2.24, 2.45) is 0 Å². The van der Waals surface area contributed by atoms with E-state index in [1.165, 1.54) is 25.1 Å². The van der Waals surface area contributed by atoms with Crippen LogP contribution >= 0.6 is 22.6 Å². The van der Waals surface area contributed by atoms with E-state index in [9.17, 15) is 9.18 Å². The van der Waals surface area contributed by atoms with Crippen molar-refractivity contribution in [2.45, 2.75) is 13.8 Å². The van der Waals surface area contributed by atoms with Gasteiger partial charge in [-0.2, -0.15) is 0 Å². The zero-order chi connectivity index (χ0) is 14.0. The molecule has 0 aliphatic rings. The minimum absolute atomic E-state index is 0.0920. The second-order valence-electron chi connectivity index (χ2n) is 4.33. The van der Waals surface area contributed by atoms with Crippen LogP contribution in [0.1, 0.15) is 22.8 Å². The first kappa shape index (κ1) is 14.0. The predicted octanol–water partition coefficient (Wildman–Crippen LogP) is 4.68. The van der Waals surface area contributed by atoms with Crippen LogP contribution in [0.3, 0.4) is 0 Å². The molecule has 0 fully saturated rings. The van der Waals surface area contributed by atoms with E-state index in [0.29, 0.717) is 11.3 Å². The molecule has 0 atom stereocenters. The Morgan fingerprint density at radius 3 is 2.53 bits per heavy atom. The zero-order valence-corrected chi connectivity index (χ0v) is 12.8. The molecule has 0 radical (unpaired) electrons. The number of anilines is 2. The number of hydrogen-bond acceptors (Lipinski definition) is 2. The Labute approximate surface area is 125 Å². The van der Waals surface area contributed by atoms with Gasteiger partial charge in [0.25, 0.3) is 0 Å². The first-order valence-electron chi connectivity index (χ1n) is 5.81. The van der Waals surface area contributed by atoms with E-state index >= 15 is 0 Å². The highest BCUT2D eigenvalue weighted by Gasteiger charge is 2.09. The molecule has 0 heterocycles. The number of rotatable bonds is 3. The SMILES string of the molecule is CC(=O)c1ccc(F)cc1Nc1ccc(I)cc1C. The Morgan fingerprint density at radius 2 is 1.89 bits per heavy atom. The number of carbonyl (C=O) groups is 1. The second-order valence-corrected chi connectivity index (χ2v) is 5.58. The van der Waals surface area contributed by atoms with Crippen LogP contribution in [0.2, 0.25) is 0 Å². The molecular formula is C15H13FINO. The van der Waals surface area contributed by atoms with Gasteiger partial charge in [-0.25, -0.2) is 4.39 Å². The van der Waals surface area contributed by atoms with Gasteiger partial charge in [0, 0.05) is 14.8 Å². The summed E-state index contributed by atoms with van der Waals surface area (Å²) in [5.74, 6) is -0.457. The second kappa shape index (κ2) is 5.69. The molecule has 2 rings (SSSR count). The Balaban J connectivity index is 2.42. The van der Waals surface area contributed by atoms with Crippen LogP contribution in [0.15, 0.2) is 36.4 Å². The number of hydrogen-bond donors (Lipinski definition) is 1. The summed E-state index contributed by atoms with van der Waals surface area (Å²) in [4.78, 5) is 11.5. The average Bonchev–Trinajstić information content (AvgIpc) is 2.32. The summed E-state index contributed by atoms with van der Waals surface area (Å²) >= 11 is 2.23. The molecule has 0 aromatic heterocycles. The molecule has 2 aromatic rings. The van der Waals surface area contributed by atoms with Gasteiger partial charge in [0.05, 0.1) is 5.69 Å². The Morgan fingerprint density at radius 1 is 1.16 bits per heavy atom. The smallest absolute Gasteiger partial charge is 0.161 e. The van der Waals surface area contributed by atoms with Gasteiger partial charge in [-0.05, 0) is 78.4 Å². The largest absolute Gasteiger partial charge is 0.355 e. The van der Waals surface area contributed by atoms with Crippen LogP contribution in [0.4, 0.5) is 15.8 Å². The average molecular weight is 369 g/mol. The van der Waals surface area contributed by atoms with E-state index < -0.39 is 0 Å². The quantitative estimate of drug-likeness (QED) is 0.629. The van der Waals surface area contributed by atoms with E-state index in [1.54, 1.807) is 0 Å². The maximum absolute atomic E-state index is 13.3. The first-order chi connectivity index (χ1) is 8.97. The highest BCUT2D eigenvalue weighted by Crippen LogP contribution is 2.26. The van der Waals surface area contributed by atoms with Gasteiger partial charge in [-0.3, -0.25) is 4.79 Å². The van der Waals surface area contributed by atoms with Crippen LogP contribution in [0.5, 0.6) is 0 Å². The van der Waals surface area contributed by atoms with Gasteiger partial charge in [0.2, 0.25) is 0 Å². The Hall–Kier alpha value is -1.43. The molecule has 0 saturated carbocycles. The number of benzene rings is 2. The normalized spacial score (nSPS) is 10.3. The number of nitrogens with one attached hydrogen (secondary N) is 1. The monoisotopic (exact) mass is 369 g/mol. The highest BCUT2D eigenvalue weighted by atomic mass is 127. The fraction of sp³-hybridized carbons (Fsp3) is 0.133. The lowest BCUT2D eigenvalue weighted by Gasteiger charge is -2.13.